The highest BCUT2D eigenvalue weighted by molar-refractivity contribution is 6.04. The van der Waals surface area contributed by atoms with Gasteiger partial charge in [0.05, 0.1) is 17.9 Å². The fraction of sp³-hybridized carbons (Fsp3) is 0.375. The summed E-state index contributed by atoms with van der Waals surface area (Å²) in [5.41, 5.74) is 7.64. The SMILES string of the molecule is NC(=O)c1cccc2cn(-c3ccc(CNCC4(COC(=O)C(F)(F)F)CCCC4)cc3)nc12. The quantitative estimate of drug-likeness (QED) is 0.483. The molecule has 0 atom stereocenters. The summed E-state index contributed by atoms with van der Waals surface area (Å²) >= 11 is 0. The molecule has 1 aliphatic rings. The molecule has 1 amide bonds. The van der Waals surface area contributed by atoms with Gasteiger partial charge in [0.15, 0.2) is 0 Å². The lowest BCUT2D eigenvalue weighted by molar-refractivity contribution is -0.202. The van der Waals surface area contributed by atoms with Crippen molar-refractivity contribution >= 4 is 22.8 Å². The van der Waals surface area contributed by atoms with Crippen LogP contribution in [0.3, 0.4) is 0 Å². The van der Waals surface area contributed by atoms with Crippen LogP contribution in [0.5, 0.6) is 0 Å². The molecule has 0 aliphatic heterocycles. The van der Waals surface area contributed by atoms with Crippen LogP contribution in [0.25, 0.3) is 16.6 Å². The molecule has 0 unspecified atom stereocenters. The minimum atomic E-state index is -4.98. The molecular formula is C24H25F3N4O3. The van der Waals surface area contributed by atoms with Gasteiger partial charge in [0.25, 0.3) is 5.91 Å². The number of ether oxygens (including phenoxy) is 1. The molecule has 1 heterocycles. The number of nitrogens with zero attached hydrogens (tertiary/aromatic N) is 2. The summed E-state index contributed by atoms with van der Waals surface area (Å²) in [6.07, 6.45) is 0.0671. The Morgan fingerprint density at radius 3 is 2.47 bits per heavy atom. The lowest BCUT2D eigenvalue weighted by Gasteiger charge is -2.29. The maximum atomic E-state index is 12.5. The first-order valence-corrected chi connectivity index (χ1v) is 11.0. The average Bonchev–Trinajstić information content (AvgIpc) is 3.44. The van der Waals surface area contributed by atoms with Crippen molar-refractivity contribution in [1.82, 2.24) is 15.1 Å². The number of primary amides is 1. The van der Waals surface area contributed by atoms with Crippen molar-refractivity contribution in [2.45, 2.75) is 38.4 Å². The number of hydrogen-bond acceptors (Lipinski definition) is 5. The first-order valence-electron chi connectivity index (χ1n) is 11.0. The lowest BCUT2D eigenvalue weighted by Crippen LogP contribution is -2.38. The molecule has 7 nitrogen and oxygen atoms in total. The number of benzene rings is 2. The normalized spacial score (nSPS) is 15.5. The van der Waals surface area contributed by atoms with Gasteiger partial charge in [-0.25, -0.2) is 9.48 Å². The summed E-state index contributed by atoms with van der Waals surface area (Å²) in [6, 6.07) is 12.9. The standard InChI is InChI=1S/C24H25F3N4O3/c25-24(26,27)22(33)34-15-23(10-1-2-11-23)14-29-12-16-6-8-18(9-7-16)31-13-17-4-3-5-19(21(28)32)20(17)30-31/h3-9,13,29H,1-2,10-12,14-15H2,(H2,28,32). The van der Waals surface area contributed by atoms with E-state index in [-0.39, 0.29) is 6.61 Å². The second-order valence-electron chi connectivity index (χ2n) is 8.73. The number of amides is 1. The van der Waals surface area contributed by atoms with E-state index >= 15 is 0 Å². The Labute approximate surface area is 194 Å². The van der Waals surface area contributed by atoms with Crippen molar-refractivity contribution in [2.24, 2.45) is 11.1 Å². The van der Waals surface area contributed by atoms with E-state index in [2.05, 4.69) is 15.2 Å². The highest BCUT2D eigenvalue weighted by Crippen LogP contribution is 2.38. The average molecular weight is 474 g/mol. The molecule has 3 aromatic rings. The molecule has 1 saturated carbocycles. The van der Waals surface area contributed by atoms with Crippen molar-refractivity contribution in [3.8, 4) is 5.69 Å². The minimum absolute atomic E-state index is 0.239. The molecule has 0 radical (unpaired) electrons. The summed E-state index contributed by atoms with van der Waals surface area (Å²) in [4.78, 5) is 22.8. The van der Waals surface area contributed by atoms with Crippen LogP contribution in [0.15, 0.2) is 48.7 Å². The molecule has 4 rings (SSSR count). The molecule has 0 saturated heterocycles. The van der Waals surface area contributed by atoms with E-state index in [0.717, 1.165) is 29.5 Å². The van der Waals surface area contributed by atoms with E-state index in [1.165, 1.54) is 0 Å². The highest BCUT2D eigenvalue weighted by Gasteiger charge is 2.43. The van der Waals surface area contributed by atoms with Gasteiger partial charge < -0.3 is 15.8 Å². The monoisotopic (exact) mass is 474 g/mol. The zero-order chi connectivity index (χ0) is 24.3. The number of esters is 1. The molecular weight excluding hydrogens is 449 g/mol. The number of hydrogen-bond donors (Lipinski definition) is 2. The number of alkyl halides is 3. The molecule has 0 bridgehead atoms. The smallest absolute Gasteiger partial charge is 0.458 e. The lowest BCUT2D eigenvalue weighted by atomic mass is 9.87. The van der Waals surface area contributed by atoms with Gasteiger partial charge in [0, 0.05) is 30.1 Å². The van der Waals surface area contributed by atoms with Crippen LogP contribution in [0.2, 0.25) is 0 Å². The number of rotatable bonds is 8. The van der Waals surface area contributed by atoms with E-state index in [1.807, 2.05) is 36.5 Å². The highest BCUT2D eigenvalue weighted by atomic mass is 19.4. The van der Waals surface area contributed by atoms with Crippen LogP contribution in [0.1, 0.15) is 41.6 Å². The second kappa shape index (κ2) is 9.46. The van der Waals surface area contributed by atoms with E-state index < -0.39 is 23.5 Å². The van der Waals surface area contributed by atoms with Gasteiger partial charge in [0.2, 0.25) is 0 Å². The van der Waals surface area contributed by atoms with Gasteiger partial charge in [-0.2, -0.15) is 18.3 Å². The zero-order valence-corrected chi connectivity index (χ0v) is 18.4. The van der Waals surface area contributed by atoms with E-state index in [0.29, 0.717) is 37.0 Å². The fourth-order valence-electron chi connectivity index (χ4n) is 4.41. The Balaban J connectivity index is 1.37. The molecule has 3 N–H and O–H groups in total. The van der Waals surface area contributed by atoms with Gasteiger partial charge in [-0.15, -0.1) is 0 Å². The molecule has 1 aromatic heterocycles. The summed E-state index contributed by atoms with van der Waals surface area (Å²) in [5.74, 6) is -2.67. The summed E-state index contributed by atoms with van der Waals surface area (Å²) in [6.45, 7) is 0.736. The summed E-state index contributed by atoms with van der Waals surface area (Å²) in [7, 11) is 0. The van der Waals surface area contributed by atoms with Crippen LogP contribution >= 0.6 is 0 Å². The minimum Gasteiger partial charge on any atom is -0.458 e. The Hall–Kier alpha value is -3.40. The zero-order valence-electron chi connectivity index (χ0n) is 18.4. The molecule has 34 heavy (non-hydrogen) atoms. The number of carbonyl (C=O) groups excluding carboxylic acids is 2. The number of nitrogens with one attached hydrogen (secondary N) is 1. The summed E-state index contributed by atoms with van der Waals surface area (Å²) < 4.78 is 43.7. The third-order valence-corrected chi connectivity index (χ3v) is 6.24. The Kier molecular flexibility index (Phi) is 6.60. The molecule has 180 valence electrons. The van der Waals surface area contributed by atoms with Crippen molar-refractivity contribution in [3.63, 3.8) is 0 Å². The van der Waals surface area contributed by atoms with Gasteiger partial charge in [0.1, 0.15) is 5.52 Å². The van der Waals surface area contributed by atoms with Gasteiger partial charge >= 0.3 is 12.1 Å². The van der Waals surface area contributed by atoms with Crippen LogP contribution in [-0.2, 0) is 16.1 Å². The fourth-order valence-corrected chi connectivity index (χ4v) is 4.41. The number of fused-ring (bicyclic) bond motifs is 1. The van der Waals surface area contributed by atoms with Crippen molar-refractivity contribution in [1.29, 1.82) is 0 Å². The number of carbonyl (C=O) groups is 2. The largest absolute Gasteiger partial charge is 0.490 e. The van der Waals surface area contributed by atoms with Gasteiger partial charge in [-0.3, -0.25) is 4.79 Å². The second-order valence-corrected chi connectivity index (χ2v) is 8.73. The van der Waals surface area contributed by atoms with Crippen molar-refractivity contribution in [3.05, 3.63) is 59.8 Å². The predicted octanol–water partition coefficient (Wildman–Crippen LogP) is 3.88. The number of nitrogens with two attached hydrogens (primary N) is 1. The topological polar surface area (TPSA) is 99.2 Å². The Morgan fingerprint density at radius 1 is 1.12 bits per heavy atom. The van der Waals surface area contributed by atoms with Crippen LogP contribution in [0.4, 0.5) is 13.2 Å². The van der Waals surface area contributed by atoms with Crippen LogP contribution in [0, 0.1) is 5.41 Å². The maximum Gasteiger partial charge on any atom is 0.490 e. The molecule has 2 aromatic carbocycles. The summed E-state index contributed by atoms with van der Waals surface area (Å²) in [5, 5.41) is 8.59. The number of halogens is 3. The van der Waals surface area contributed by atoms with Crippen molar-refractivity contribution in [2.75, 3.05) is 13.2 Å². The third-order valence-electron chi connectivity index (χ3n) is 6.24. The van der Waals surface area contributed by atoms with E-state index in [4.69, 9.17) is 5.73 Å². The predicted molar refractivity (Wildman–Crippen MR) is 119 cm³/mol. The molecule has 0 spiro atoms. The Morgan fingerprint density at radius 2 is 1.82 bits per heavy atom. The van der Waals surface area contributed by atoms with Crippen molar-refractivity contribution < 1.29 is 27.5 Å². The van der Waals surface area contributed by atoms with E-state index in [9.17, 15) is 22.8 Å². The van der Waals surface area contributed by atoms with Crippen LogP contribution < -0.4 is 11.1 Å². The van der Waals surface area contributed by atoms with Gasteiger partial charge in [-0.05, 0) is 36.6 Å². The molecule has 10 heteroatoms. The molecule has 1 aliphatic carbocycles. The van der Waals surface area contributed by atoms with Crippen LogP contribution in [-0.4, -0.2) is 41.0 Å². The van der Waals surface area contributed by atoms with E-state index in [1.54, 1.807) is 16.8 Å². The third kappa shape index (κ3) is 5.22. The molecule has 1 fully saturated rings. The Bertz CT molecular complexity index is 1180. The first kappa shape index (κ1) is 23.7. The van der Waals surface area contributed by atoms with Gasteiger partial charge in [-0.1, -0.05) is 37.1 Å². The first-order chi connectivity index (χ1) is 16.2. The maximum absolute atomic E-state index is 12.5. The number of aromatic nitrogens is 2.